The first kappa shape index (κ1) is 13.2. The number of pyridine rings is 1. The molecule has 4 heteroatoms. The third-order valence-corrected chi connectivity index (χ3v) is 2.67. The molecule has 0 saturated heterocycles. The summed E-state index contributed by atoms with van der Waals surface area (Å²) < 4.78 is 5.57. The van der Waals surface area contributed by atoms with Crippen molar-refractivity contribution in [1.82, 2.24) is 4.98 Å². The lowest BCUT2D eigenvalue weighted by Gasteiger charge is -2.07. The maximum Gasteiger partial charge on any atom is 0.213 e. The molecule has 0 bridgehead atoms. The van der Waals surface area contributed by atoms with Gasteiger partial charge in [0.2, 0.25) is 5.88 Å². The number of nitrogens with two attached hydrogens (primary N) is 1. The zero-order chi connectivity index (χ0) is 13.5. The van der Waals surface area contributed by atoms with Gasteiger partial charge in [-0.1, -0.05) is 36.4 Å². The van der Waals surface area contributed by atoms with Crippen LogP contribution in [0.3, 0.4) is 0 Å². The zero-order valence-corrected chi connectivity index (χ0v) is 10.5. The molecule has 2 aromatic rings. The van der Waals surface area contributed by atoms with Gasteiger partial charge in [0, 0.05) is 12.3 Å². The van der Waals surface area contributed by atoms with E-state index in [-0.39, 0.29) is 0 Å². The highest BCUT2D eigenvalue weighted by atomic mass is 16.5. The Labute approximate surface area is 112 Å². The molecule has 0 amide bonds. The standard InChI is InChI=1S/C15H16N2O2/c16-14(10-18)8-13-6-7-15(17-9-13)19-11-12-4-2-1-3-5-12/h1-7,9-10,14H,8,11,16H2. The van der Waals surface area contributed by atoms with Crippen LogP contribution in [0.25, 0.3) is 0 Å². The summed E-state index contributed by atoms with van der Waals surface area (Å²) in [6.45, 7) is 0.487. The van der Waals surface area contributed by atoms with Crippen LogP contribution in [-0.2, 0) is 17.8 Å². The van der Waals surface area contributed by atoms with Crippen LogP contribution in [0, 0.1) is 0 Å². The minimum atomic E-state index is -0.474. The fraction of sp³-hybridized carbons (Fsp3) is 0.200. The Morgan fingerprint density at radius 3 is 2.58 bits per heavy atom. The molecule has 1 aromatic carbocycles. The first-order valence-corrected chi connectivity index (χ1v) is 6.10. The number of hydrogen-bond donors (Lipinski definition) is 1. The fourth-order valence-electron chi connectivity index (χ4n) is 1.67. The van der Waals surface area contributed by atoms with Crippen LogP contribution in [0.2, 0.25) is 0 Å². The quantitative estimate of drug-likeness (QED) is 0.799. The molecule has 1 aromatic heterocycles. The van der Waals surface area contributed by atoms with Gasteiger partial charge in [-0.15, -0.1) is 0 Å². The Bertz CT molecular complexity index is 511. The van der Waals surface area contributed by atoms with E-state index >= 15 is 0 Å². The van der Waals surface area contributed by atoms with Crippen molar-refractivity contribution in [2.45, 2.75) is 19.1 Å². The Kier molecular flexibility index (Phi) is 4.64. The van der Waals surface area contributed by atoms with Crippen molar-refractivity contribution in [2.24, 2.45) is 5.73 Å². The average Bonchev–Trinajstić information content (AvgIpc) is 2.47. The largest absolute Gasteiger partial charge is 0.473 e. The number of aldehydes is 1. The molecule has 0 aliphatic carbocycles. The maximum atomic E-state index is 10.5. The summed E-state index contributed by atoms with van der Waals surface area (Å²) in [5, 5.41) is 0. The third-order valence-electron chi connectivity index (χ3n) is 2.67. The van der Waals surface area contributed by atoms with Crippen LogP contribution in [0.15, 0.2) is 48.7 Å². The molecule has 0 aliphatic rings. The summed E-state index contributed by atoms with van der Waals surface area (Å²) >= 11 is 0. The van der Waals surface area contributed by atoms with Crippen LogP contribution in [0.1, 0.15) is 11.1 Å². The number of aromatic nitrogens is 1. The molecule has 2 N–H and O–H groups in total. The van der Waals surface area contributed by atoms with E-state index in [0.717, 1.165) is 17.4 Å². The van der Waals surface area contributed by atoms with Gasteiger partial charge in [0.1, 0.15) is 12.9 Å². The lowest BCUT2D eigenvalue weighted by Crippen LogP contribution is -2.24. The summed E-state index contributed by atoms with van der Waals surface area (Å²) in [5.41, 5.74) is 7.57. The second kappa shape index (κ2) is 6.66. The van der Waals surface area contributed by atoms with E-state index in [1.807, 2.05) is 36.4 Å². The number of carbonyl (C=O) groups is 1. The first-order valence-electron chi connectivity index (χ1n) is 6.10. The highest BCUT2D eigenvalue weighted by molar-refractivity contribution is 5.57. The Hall–Kier alpha value is -2.20. The molecule has 2 rings (SSSR count). The summed E-state index contributed by atoms with van der Waals surface area (Å²) in [7, 11) is 0. The van der Waals surface area contributed by atoms with Crippen molar-refractivity contribution in [3.05, 3.63) is 59.8 Å². The second-order valence-corrected chi connectivity index (χ2v) is 4.28. The fourth-order valence-corrected chi connectivity index (χ4v) is 1.67. The van der Waals surface area contributed by atoms with Crippen molar-refractivity contribution in [3.8, 4) is 5.88 Å². The van der Waals surface area contributed by atoms with E-state index < -0.39 is 6.04 Å². The van der Waals surface area contributed by atoms with E-state index in [1.165, 1.54) is 0 Å². The molecule has 19 heavy (non-hydrogen) atoms. The van der Waals surface area contributed by atoms with E-state index in [0.29, 0.717) is 18.9 Å². The number of nitrogens with zero attached hydrogens (tertiary/aromatic N) is 1. The molecule has 0 aliphatic heterocycles. The summed E-state index contributed by atoms with van der Waals surface area (Å²) in [6.07, 6.45) is 2.92. The van der Waals surface area contributed by atoms with Gasteiger partial charge >= 0.3 is 0 Å². The summed E-state index contributed by atoms with van der Waals surface area (Å²) in [6, 6.07) is 13.1. The second-order valence-electron chi connectivity index (χ2n) is 4.28. The molecule has 1 heterocycles. The Balaban J connectivity index is 1.90. The van der Waals surface area contributed by atoms with Crippen LogP contribution < -0.4 is 10.5 Å². The molecule has 98 valence electrons. The molecule has 1 unspecified atom stereocenters. The summed E-state index contributed by atoms with van der Waals surface area (Å²) in [4.78, 5) is 14.7. The van der Waals surface area contributed by atoms with E-state index in [4.69, 9.17) is 10.5 Å². The zero-order valence-electron chi connectivity index (χ0n) is 10.5. The summed E-state index contributed by atoms with van der Waals surface area (Å²) in [5.74, 6) is 0.562. The predicted molar refractivity (Wildman–Crippen MR) is 72.8 cm³/mol. The number of rotatable bonds is 6. The normalized spacial score (nSPS) is 11.8. The van der Waals surface area contributed by atoms with Gasteiger partial charge in [-0.3, -0.25) is 0 Å². The average molecular weight is 256 g/mol. The number of benzene rings is 1. The third kappa shape index (κ3) is 4.19. The minimum absolute atomic E-state index is 0.474. The molecule has 0 spiro atoms. The van der Waals surface area contributed by atoms with Crippen LogP contribution in [0.5, 0.6) is 5.88 Å². The monoisotopic (exact) mass is 256 g/mol. The highest BCUT2D eigenvalue weighted by Crippen LogP contribution is 2.11. The SMILES string of the molecule is NC(C=O)Cc1ccc(OCc2ccccc2)nc1. The molecule has 4 nitrogen and oxygen atoms in total. The lowest BCUT2D eigenvalue weighted by atomic mass is 10.1. The number of hydrogen-bond acceptors (Lipinski definition) is 4. The van der Waals surface area contributed by atoms with Crippen molar-refractivity contribution >= 4 is 6.29 Å². The molecule has 0 saturated carbocycles. The van der Waals surface area contributed by atoms with Crippen molar-refractivity contribution in [2.75, 3.05) is 0 Å². The predicted octanol–water partition coefficient (Wildman–Crippen LogP) is 1.73. The molecular formula is C15H16N2O2. The van der Waals surface area contributed by atoms with Crippen molar-refractivity contribution in [1.29, 1.82) is 0 Å². The van der Waals surface area contributed by atoms with Gasteiger partial charge in [-0.25, -0.2) is 4.98 Å². The van der Waals surface area contributed by atoms with Gasteiger partial charge < -0.3 is 15.3 Å². The van der Waals surface area contributed by atoms with E-state index in [2.05, 4.69) is 4.98 Å². The number of carbonyl (C=O) groups excluding carboxylic acids is 1. The maximum absolute atomic E-state index is 10.5. The molecule has 0 fully saturated rings. The van der Waals surface area contributed by atoms with E-state index in [1.54, 1.807) is 12.3 Å². The van der Waals surface area contributed by atoms with Gasteiger partial charge in [0.15, 0.2) is 0 Å². The van der Waals surface area contributed by atoms with Crippen molar-refractivity contribution < 1.29 is 9.53 Å². The highest BCUT2D eigenvalue weighted by Gasteiger charge is 2.03. The first-order chi connectivity index (χ1) is 9.28. The Morgan fingerprint density at radius 1 is 1.16 bits per heavy atom. The van der Waals surface area contributed by atoms with Gasteiger partial charge in [-0.05, 0) is 17.5 Å². The van der Waals surface area contributed by atoms with Crippen LogP contribution in [-0.4, -0.2) is 17.3 Å². The van der Waals surface area contributed by atoms with Crippen LogP contribution in [0.4, 0.5) is 0 Å². The topological polar surface area (TPSA) is 65.2 Å². The van der Waals surface area contributed by atoms with Gasteiger partial charge in [-0.2, -0.15) is 0 Å². The minimum Gasteiger partial charge on any atom is -0.473 e. The molecular weight excluding hydrogens is 240 g/mol. The van der Waals surface area contributed by atoms with Crippen molar-refractivity contribution in [3.63, 3.8) is 0 Å². The number of ether oxygens (including phenoxy) is 1. The lowest BCUT2D eigenvalue weighted by molar-refractivity contribution is -0.108. The van der Waals surface area contributed by atoms with Gasteiger partial charge in [0.25, 0.3) is 0 Å². The molecule has 0 radical (unpaired) electrons. The smallest absolute Gasteiger partial charge is 0.213 e. The molecule has 1 atom stereocenters. The van der Waals surface area contributed by atoms with Gasteiger partial charge in [0.05, 0.1) is 6.04 Å². The Morgan fingerprint density at radius 2 is 1.95 bits per heavy atom. The van der Waals surface area contributed by atoms with E-state index in [9.17, 15) is 4.79 Å². The van der Waals surface area contributed by atoms with Crippen LogP contribution >= 0.6 is 0 Å².